The summed E-state index contributed by atoms with van der Waals surface area (Å²) in [5, 5.41) is 12.9. The number of imide groups is 1. The van der Waals surface area contributed by atoms with E-state index in [2.05, 4.69) is 44.8 Å². The molecule has 2 aliphatic carbocycles. The van der Waals surface area contributed by atoms with Crippen molar-refractivity contribution >= 4 is 39.6 Å². The van der Waals surface area contributed by atoms with Gasteiger partial charge >= 0.3 is 0 Å². The molecule has 31 heavy (non-hydrogen) atoms. The van der Waals surface area contributed by atoms with Crippen LogP contribution in [0.4, 0.5) is 5.69 Å². The lowest BCUT2D eigenvalue weighted by Gasteiger charge is -2.14. The second-order valence-corrected chi connectivity index (χ2v) is 8.82. The lowest BCUT2D eigenvalue weighted by molar-refractivity contribution is 0.0880. The highest BCUT2D eigenvalue weighted by Gasteiger charge is 2.39. The third kappa shape index (κ3) is 2.15. The highest BCUT2D eigenvalue weighted by atomic mass is 16.2. The van der Waals surface area contributed by atoms with Gasteiger partial charge in [0, 0.05) is 29.0 Å². The summed E-state index contributed by atoms with van der Waals surface area (Å²) < 4.78 is 2.42. The molecule has 0 bridgehead atoms. The summed E-state index contributed by atoms with van der Waals surface area (Å²) >= 11 is 0. The van der Waals surface area contributed by atoms with E-state index in [0.29, 0.717) is 11.1 Å². The van der Waals surface area contributed by atoms with Crippen LogP contribution in [0.2, 0.25) is 0 Å². The largest absolute Gasteiger partial charge is 0.372 e. The predicted molar refractivity (Wildman–Crippen MR) is 120 cm³/mol. The van der Waals surface area contributed by atoms with Gasteiger partial charge in [-0.3, -0.25) is 14.9 Å². The zero-order valence-electron chi connectivity index (χ0n) is 17.0. The van der Waals surface area contributed by atoms with Crippen molar-refractivity contribution < 1.29 is 9.59 Å². The van der Waals surface area contributed by atoms with Gasteiger partial charge in [-0.15, -0.1) is 0 Å². The fraction of sp³-hybridized carbons (Fsp3) is 0.280. The maximum atomic E-state index is 13.1. The molecule has 6 nitrogen and oxygen atoms in total. The molecule has 0 radical (unpaired) electrons. The van der Waals surface area contributed by atoms with Gasteiger partial charge in [0.15, 0.2) is 0 Å². The van der Waals surface area contributed by atoms with E-state index >= 15 is 0 Å². The fourth-order valence-electron chi connectivity index (χ4n) is 5.94. The number of fused-ring (bicyclic) bond motifs is 9. The maximum Gasteiger partial charge on any atom is 0.259 e. The Balaban J connectivity index is 1.73. The van der Waals surface area contributed by atoms with Gasteiger partial charge in [0.05, 0.1) is 28.4 Å². The van der Waals surface area contributed by atoms with Crippen molar-refractivity contribution in [2.75, 3.05) is 18.4 Å². The van der Waals surface area contributed by atoms with Crippen LogP contribution in [0.15, 0.2) is 36.5 Å². The number of anilines is 1. The molecule has 1 aromatic carbocycles. The highest BCUT2D eigenvalue weighted by Crippen LogP contribution is 2.37. The van der Waals surface area contributed by atoms with E-state index in [-0.39, 0.29) is 17.9 Å². The van der Waals surface area contributed by atoms with E-state index in [1.165, 1.54) is 16.5 Å². The van der Waals surface area contributed by atoms with E-state index in [1.54, 1.807) is 0 Å². The number of allylic oxidation sites excluding steroid dienone is 3. The standard InChI is InChI=1S/C25H22N4O2/c30-24-19-17-14-7-1-2-9-16(14)27-21(17)23-18(20(19)25(31)28-24)15-8-5-6-13-12-26-10-3-4-11-29(23)22(13)15/h1-2,5-7,9,16,26-27H,3-4,8,10-12H2,(H,28,30,31). The normalized spacial score (nSPS) is 23.0. The van der Waals surface area contributed by atoms with Gasteiger partial charge < -0.3 is 15.2 Å². The number of carbonyl (C=O) groups is 2. The van der Waals surface area contributed by atoms with Gasteiger partial charge in [0.1, 0.15) is 0 Å². The number of benzene rings is 1. The molecule has 3 N–H and O–H groups in total. The van der Waals surface area contributed by atoms with Crippen LogP contribution in [0.25, 0.3) is 22.0 Å². The molecule has 0 saturated heterocycles. The minimum atomic E-state index is -0.282. The average Bonchev–Trinajstić information content (AvgIpc) is 3.42. The summed E-state index contributed by atoms with van der Waals surface area (Å²) in [7, 11) is 0. The molecule has 2 aromatic rings. The molecule has 1 aromatic heterocycles. The minimum absolute atomic E-state index is 0.0255. The Kier molecular flexibility index (Phi) is 3.39. The Morgan fingerprint density at radius 3 is 2.87 bits per heavy atom. The first-order valence-electron chi connectivity index (χ1n) is 11.1. The Bertz CT molecular complexity index is 1450. The van der Waals surface area contributed by atoms with Crippen LogP contribution in [-0.2, 0) is 13.0 Å². The van der Waals surface area contributed by atoms with Gasteiger partial charge in [0.2, 0.25) is 0 Å². The first-order valence-corrected chi connectivity index (χ1v) is 11.1. The van der Waals surface area contributed by atoms with Crippen LogP contribution in [-0.4, -0.2) is 35.5 Å². The minimum Gasteiger partial charge on any atom is -0.372 e. The number of amides is 2. The van der Waals surface area contributed by atoms with Crippen LogP contribution in [0.1, 0.15) is 39.1 Å². The third-order valence-corrected chi connectivity index (χ3v) is 7.14. The van der Waals surface area contributed by atoms with E-state index in [4.69, 9.17) is 0 Å². The summed E-state index contributed by atoms with van der Waals surface area (Å²) in [4.78, 5) is 26.1. The molecular weight excluding hydrogens is 388 g/mol. The molecule has 154 valence electrons. The van der Waals surface area contributed by atoms with Crippen molar-refractivity contribution in [1.29, 1.82) is 0 Å². The van der Waals surface area contributed by atoms with Crippen molar-refractivity contribution in [3.05, 3.63) is 63.7 Å². The van der Waals surface area contributed by atoms with Gasteiger partial charge in [-0.1, -0.05) is 36.5 Å². The first-order chi connectivity index (χ1) is 15.2. The number of nitrogens with one attached hydrogen (secondary N) is 3. The van der Waals surface area contributed by atoms with E-state index < -0.39 is 0 Å². The number of aromatic nitrogens is 1. The SMILES string of the molecule is O=C1NC(=O)c2c1c1c(c3c2c2c4n3CCCCNCC=4C=CC2)NC2C=CC=CC=12. The molecule has 1 atom stereocenters. The first kappa shape index (κ1) is 17.3. The molecule has 5 aliphatic rings. The van der Waals surface area contributed by atoms with Crippen LogP contribution >= 0.6 is 0 Å². The third-order valence-electron chi connectivity index (χ3n) is 7.14. The fourth-order valence-corrected chi connectivity index (χ4v) is 5.94. The summed E-state index contributed by atoms with van der Waals surface area (Å²) in [6.07, 6.45) is 15.6. The number of hydrogen-bond donors (Lipinski definition) is 3. The number of aryl methyl sites for hydroxylation is 1. The average molecular weight is 410 g/mol. The van der Waals surface area contributed by atoms with E-state index in [0.717, 1.165) is 66.3 Å². The van der Waals surface area contributed by atoms with Crippen LogP contribution < -0.4 is 26.5 Å². The second-order valence-electron chi connectivity index (χ2n) is 8.82. The Hall–Kier alpha value is -3.38. The van der Waals surface area contributed by atoms with E-state index in [1.807, 2.05) is 12.2 Å². The van der Waals surface area contributed by atoms with Gasteiger partial charge in [-0.25, -0.2) is 0 Å². The topological polar surface area (TPSA) is 75.2 Å². The van der Waals surface area contributed by atoms with Gasteiger partial charge in [0.25, 0.3) is 11.8 Å². The molecule has 0 fully saturated rings. The number of nitrogens with zero attached hydrogens (tertiary/aromatic N) is 1. The molecule has 2 amide bonds. The lowest BCUT2D eigenvalue weighted by atomic mass is 9.93. The van der Waals surface area contributed by atoms with Crippen molar-refractivity contribution in [3.63, 3.8) is 0 Å². The monoisotopic (exact) mass is 410 g/mol. The second kappa shape index (κ2) is 6.08. The summed E-state index contributed by atoms with van der Waals surface area (Å²) in [6.45, 7) is 2.72. The molecular formula is C25H22N4O2. The molecule has 0 spiro atoms. The Morgan fingerprint density at radius 1 is 1.03 bits per heavy atom. The summed E-state index contributed by atoms with van der Waals surface area (Å²) in [6, 6.07) is 0.0255. The van der Waals surface area contributed by atoms with Gasteiger partial charge in [-0.05, 0) is 42.5 Å². The molecule has 4 heterocycles. The van der Waals surface area contributed by atoms with Crippen molar-refractivity contribution in [1.82, 2.24) is 15.2 Å². The summed E-state index contributed by atoms with van der Waals surface area (Å²) in [5.74, 6) is -0.552. The Labute approximate surface area is 178 Å². The maximum absolute atomic E-state index is 13.1. The molecule has 1 unspecified atom stereocenters. The molecule has 3 aliphatic heterocycles. The number of hydrogen-bond acceptors (Lipinski definition) is 4. The van der Waals surface area contributed by atoms with Crippen molar-refractivity contribution in [2.24, 2.45) is 0 Å². The van der Waals surface area contributed by atoms with Crippen molar-refractivity contribution in [3.8, 4) is 0 Å². The van der Waals surface area contributed by atoms with Crippen LogP contribution in [0, 0.1) is 0 Å². The van der Waals surface area contributed by atoms with Crippen LogP contribution in [0.5, 0.6) is 0 Å². The predicted octanol–water partition coefficient (Wildman–Crippen LogP) is 1.24. The zero-order valence-corrected chi connectivity index (χ0v) is 17.0. The molecule has 6 heteroatoms. The summed E-state index contributed by atoms with van der Waals surface area (Å²) in [5.41, 5.74) is 6.68. The highest BCUT2D eigenvalue weighted by molar-refractivity contribution is 6.29. The molecule has 7 rings (SSSR count). The number of carbonyl (C=O) groups excluding carboxylic acids is 2. The Morgan fingerprint density at radius 2 is 1.94 bits per heavy atom. The van der Waals surface area contributed by atoms with E-state index in [9.17, 15) is 9.59 Å². The van der Waals surface area contributed by atoms with Crippen molar-refractivity contribution in [2.45, 2.75) is 31.8 Å². The molecule has 0 saturated carbocycles. The smallest absolute Gasteiger partial charge is 0.259 e. The zero-order chi connectivity index (χ0) is 20.7. The van der Waals surface area contributed by atoms with Crippen LogP contribution in [0.3, 0.4) is 0 Å². The quantitative estimate of drug-likeness (QED) is 0.572. The number of rotatable bonds is 0. The lowest BCUT2D eigenvalue weighted by Crippen LogP contribution is -2.27. The van der Waals surface area contributed by atoms with Gasteiger partial charge in [-0.2, -0.15) is 0 Å².